The van der Waals surface area contributed by atoms with Crippen molar-refractivity contribution >= 4 is 18.1 Å². The van der Waals surface area contributed by atoms with E-state index in [2.05, 4.69) is 12.7 Å². The fourth-order valence-corrected chi connectivity index (χ4v) is 9.51. The number of carbonyl (C=O) groups is 2. The van der Waals surface area contributed by atoms with Gasteiger partial charge in [-0.1, -0.05) is 67.4 Å². The summed E-state index contributed by atoms with van der Waals surface area (Å²) in [5, 5.41) is 24.6. The van der Waals surface area contributed by atoms with Crippen molar-refractivity contribution in [3.63, 3.8) is 0 Å². The van der Waals surface area contributed by atoms with Crippen molar-refractivity contribution in [2.24, 2.45) is 22.9 Å². The molecule has 340 valence electrons. The fraction of sp³-hybridized carbons (Fsp3) is 0.500. The summed E-state index contributed by atoms with van der Waals surface area (Å²) >= 11 is 0. The molecule has 3 aliphatic rings. The molecule has 13 nitrogen and oxygen atoms in total. The maximum atomic E-state index is 14.5. The number of nitrogens with zero attached hydrogens (tertiary/aromatic N) is 2. The van der Waals surface area contributed by atoms with E-state index in [0.717, 1.165) is 48.7 Å². The second-order valence-electron chi connectivity index (χ2n) is 16.2. The van der Waals surface area contributed by atoms with E-state index in [1.54, 1.807) is 29.2 Å². The van der Waals surface area contributed by atoms with Crippen LogP contribution in [0.25, 0.3) is 0 Å². The number of oxime groups is 1. The quantitative estimate of drug-likeness (QED) is 0.0363. The molecule has 2 aliphatic carbocycles. The number of methoxy groups -OCH3 is 1. The van der Waals surface area contributed by atoms with E-state index in [0.29, 0.717) is 73.3 Å². The van der Waals surface area contributed by atoms with Gasteiger partial charge in [-0.3, -0.25) is 9.69 Å². The van der Waals surface area contributed by atoms with Crippen molar-refractivity contribution in [1.29, 1.82) is 0 Å². The molecule has 0 saturated heterocycles. The Morgan fingerprint density at radius 1 is 0.984 bits per heavy atom. The van der Waals surface area contributed by atoms with Crippen LogP contribution in [0.4, 0.5) is 4.79 Å². The number of carbonyl (C=O) groups excluding carboxylic acids is 2. The summed E-state index contributed by atoms with van der Waals surface area (Å²) in [4.78, 5) is 33.9. The van der Waals surface area contributed by atoms with Gasteiger partial charge in [-0.2, -0.15) is 0 Å². The van der Waals surface area contributed by atoms with Crippen molar-refractivity contribution in [2.45, 2.75) is 89.6 Å². The van der Waals surface area contributed by atoms with Gasteiger partial charge in [-0.05, 0) is 98.4 Å². The highest BCUT2D eigenvalue weighted by atomic mass is 16.7. The number of aliphatic hydroxyl groups is 2. The SMILES string of the molecule is C=CCOC12Oc3ccc(Oc4ccc(OC)c(C=O)c4)cc3C3C(CCCCO)C(CCCCO)C=C(C(=NOCC)CC1N(CCC)C(=O)OCCOCc1ccccc1)C32. The molecule has 2 N–H and O–H groups in total. The zero-order valence-corrected chi connectivity index (χ0v) is 37.0. The van der Waals surface area contributed by atoms with Crippen molar-refractivity contribution < 1.29 is 53.1 Å². The lowest BCUT2D eigenvalue weighted by atomic mass is 9.55. The molecule has 1 aliphatic heterocycles. The number of unbranched alkanes of at least 4 members (excludes halogenated alkanes) is 2. The minimum atomic E-state index is -1.43. The Morgan fingerprint density at radius 3 is 2.46 bits per heavy atom. The first-order chi connectivity index (χ1) is 30.9. The molecule has 6 unspecified atom stereocenters. The molecule has 3 aromatic carbocycles. The smallest absolute Gasteiger partial charge is 0.410 e. The summed E-state index contributed by atoms with van der Waals surface area (Å²) in [6, 6.07) is 19.9. The second kappa shape index (κ2) is 23.5. The number of allylic oxidation sites excluding steroid dienone is 1. The number of ether oxygens (including phenoxy) is 6. The largest absolute Gasteiger partial charge is 0.496 e. The molecule has 0 bridgehead atoms. The van der Waals surface area contributed by atoms with Gasteiger partial charge in [0, 0.05) is 37.7 Å². The van der Waals surface area contributed by atoms with Crippen LogP contribution in [0.1, 0.15) is 92.6 Å². The van der Waals surface area contributed by atoms with Gasteiger partial charge in [0.1, 0.15) is 42.3 Å². The molecule has 6 rings (SSSR count). The first-order valence-corrected chi connectivity index (χ1v) is 22.4. The summed E-state index contributed by atoms with van der Waals surface area (Å²) in [5.74, 6) is -0.0355. The van der Waals surface area contributed by atoms with Crippen LogP contribution in [-0.2, 0) is 25.7 Å². The molecular formula is C50H64N2O11. The van der Waals surface area contributed by atoms with E-state index in [1.807, 2.05) is 62.4 Å². The third-order valence-electron chi connectivity index (χ3n) is 12.2. The van der Waals surface area contributed by atoms with Gasteiger partial charge in [-0.25, -0.2) is 4.79 Å². The third kappa shape index (κ3) is 11.1. The number of hydrogen-bond acceptors (Lipinski definition) is 12. The van der Waals surface area contributed by atoms with E-state index in [-0.39, 0.29) is 57.2 Å². The average Bonchev–Trinajstić information content (AvgIpc) is 3.30. The lowest BCUT2D eigenvalue weighted by Crippen LogP contribution is -2.70. The summed E-state index contributed by atoms with van der Waals surface area (Å²) in [7, 11) is 1.51. The summed E-state index contributed by atoms with van der Waals surface area (Å²) in [5.41, 5.74) is 3.93. The van der Waals surface area contributed by atoms with Crippen molar-refractivity contribution in [1.82, 2.24) is 4.90 Å². The maximum absolute atomic E-state index is 14.5. The van der Waals surface area contributed by atoms with Crippen LogP contribution in [0.15, 0.2) is 96.2 Å². The molecule has 6 atom stereocenters. The predicted octanol–water partition coefficient (Wildman–Crippen LogP) is 9.02. The fourth-order valence-electron chi connectivity index (χ4n) is 9.51. The van der Waals surface area contributed by atoms with Gasteiger partial charge in [-0.15, -0.1) is 6.58 Å². The highest BCUT2D eigenvalue weighted by Gasteiger charge is 2.65. The average molecular weight is 869 g/mol. The Labute approximate surface area is 371 Å². The van der Waals surface area contributed by atoms with Gasteiger partial charge in [0.2, 0.25) is 5.79 Å². The molecule has 0 spiro atoms. The molecule has 63 heavy (non-hydrogen) atoms. The molecule has 1 fully saturated rings. The number of amides is 1. The third-order valence-corrected chi connectivity index (χ3v) is 12.2. The van der Waals surface area contributed by atoms with Crippen LogP contribution in [-0.4, -0.2) is 98.3 Å². The Balaban J connectivity index is 1.47. The minimum absolute atomic E-state index is 0.0247. The lowest BCUT2D eigenvalue weighted by molar-refractivity contribution is -0.255. The van der Waals surface area contributed by atoms with Crippen LogP contribution >= 0.6 is 0 Å². The summed E-state index contributed by atoms with van der Waals surface area (Å²) in [6.45, 7) is 9.58. The Bertz CT molecular complexity index is 2020. The van der Waals surface area contributed by atoms with E-state index in [4.69, 9.17) is 38.4 Å². The molecule has 13 heteroatoms. The molecule has 1 amide bonds. The number of aldehydes is 1. The summed E-state index contributed by atoms with van der Waals surface area (Å²) < 4.78 is 38.0. The topological polar surface area (TPSA) is 155 Å². The maximum Gasteiger partial charge on any atom is 0.410 e. The molecule has 0 radical (unpaired) electrons. The highest BCUT2D eigenvalue weighted by Crippen LogP contribution is 2.62. The van der Waals surface area contributed by atoms with Crippen LogP contribution in [0, 0.1) is 17.8 Å². The van der Waals surface area contributed by atoms with Crippen LogP contribution in [0.2, 0.25) is 0 Å². The van der Waals surface area contributed by atoms with Gasteiger partial charge < -0.3 is 43.5 Å². The summed E-state index contributed by atoms with van der Waals surface area (Å²) in [6.07, 6.45) is 9.60. The number of fused-ring (bicyclic) bond motifs is 2. The lowest BCUT2D eigenvalue weighted by Gasteiger charge is -2.59. The minimum Gasteiger partial charge on any atom is -0.496 e. The second-order valence-corrected chi connectivity index (χ2v) is 16.2. The monoisotopic (exact) mass is 868 g/mol. The molecule has 1 heterocycles. The first kappa shape index (κ1) is 47.3. The number of aliphatic hydroxyl groups excluding tert-OH is 2. The van der Waals surface area contributed by atoms with E-state index < -0.39 is 23.8 Å². The van der Waals surface area contributed by atoms with Crippen LogP contribution in [0.5, 0.6) is 23.0 Å². The van der Waals surface area contributed by atoms with Gasteiger partial charge >= 0.3 is 6.09 Å². The highest BCUT2D eigenvalue weighted by molar-refractivity contribution is 6.03. The predicted molar refractivity (Wildman–Crippen MR) is 239 cm³/mol. The number of benzene rings is 3. The zero-order valence-electron chi connectivity index (χ0n) is 37.0. The number of rotatable bonds is 25. The van der Waals surface area contributed by atoms with E-state index in [9.17, 15) is 19.8 Å². The normalized spacial score (nSPS) is 22.8. The first-order valence-electron chi connectivity index (χ1n) is 22.4. The Kier molecular flexibility index (Phi) is 17.6. The van der Waals surface area contributed by atoms with Crippen molar-refractivity contribution in [2.75, 3.05) is 53.3 Å². The Morgan fingerprint density at radius 2 is 1.75 bits per heavy atom. The van der Waals surface area contributed by atoms with E-state index >= 15 is 0 Å². The molecular weight excluding hydrogens is 805 g/mol. The van der Waals surface area contributed by atoms with Crippen molar-refractivity contribution in [3.8, 4) is 23.0 Å². The van der Waals surface area contributed by atoms with Crippen LogP contribution in [0.3, 0.4) is 0 Å². The Hall–Kier alpha value is -5.21. The number of hydrogen-bond donors (Lipinski definition) is 2. The van der Waals surface area contributed by atoms with Gasteiger partial charge in [0.05, 0.1) is 44.1 Å². The van der Waals surface area contributed by atoms with Gasteiger partial charge in [0.25, 0.3) is 0 Å². The standard InChI is InChI=1S/C50H64N2O11/c1-5-23-52(49(56)59-28-27-58-34-35-15-9-8-10-16-35)46-32-43(51-61-7-3)41-30-36(17-11-13-24-53)40(18-12-14-25-54)47-42-31-39(62-38-19-21-44(57-4)37(29-38)33-55)20-22-45(42)63-50(46,48(41)47)60-26-6-2/h6,8-10,15-16,19-22,29-31,33,36,40,46-48,53-54H,2,5,7,11-14,17-18,23-28,32,34H2,1,3-4H3. The van der Waals surface area contributed by atoms with Crippen LogP contribution < -0.4 is 14.2 Å². The molecule has 1 saturated carbocycles. The van der Waals surface area contributed by atoms with Crippen molar-refractivity contribution in [3.05, 3.63) is 108 Å². The van der Waals surface area contributed by atoms with Gasteiger partial charge in [0.15, 0.2) is 6.29 Å². The van der Waals surface area contributed by atoms with E-state index in [1.165, 1.54) is 7.11 Å². The molecule has 0 aromatic heterocycles. The zero-order chi connectivity index (χ0) is 44.6. The molecule has 3 aromatic rings.